The fourth-order valence-corrected chi connectivity index (χ4v) is 3.57. The average molecular weight is 365 g/mol. The van der Waals surface area contributed by atoms with Crippen LogP contribution in [0.3, 0.4) is 0 Å². The van der Waals surface area contributed by atoms with Gasteiger partial charge in [-0.05, 0) is 18.2 Å². The van der Waals surface area contributed by atoms with Gasteiger partial charge in [-0.1, -0.05) is 17.7 Å². The zero-order valence-corrected chi connectivity index (χ0v) is 14.0. The molecule has 1 heterocycles. The summed E-state index contributed by atoms with van der Waals surface area (Å²) in [5, 5.41) is 9.10. The Morgan fingerprint density at radius 2 is 1.83 bits per heavy atom. The summed E-state index contributed by atoms with van der Waals surface area (Å²) < 4.78 is 38.5. The maximum absolute atomic E-state index is 12.5. The lowest BCUT2D eigenvalue weighted by atomic mass is 10.2. The van der Waals surface area contributed by atoms with Gasteiger partial charge in [0.25, 0.3) is 10.0 Å². The lowest BCUT2D eigenvalue weighted by Crippen LogP contribution is -2.13. The number of benzene rings is 2. The number of nitrogens with zero attached hydrogens (tertiary/aromatic N) is 1. The summed E-state index contributed by atoms with van der Waals surface area (Å²) in [4.78, 5) is -0.0234. The van der Waals surface area contributed by atoms with E-state index in [-0.39, 0.29) is 21.2 Å². The number of rotatable bonds is 3. The lowest BCUT2D eigenvalue weighted by Gasteiger charge is -2.13. The van der Waals surface area contributed by atoms with Crippen molar-refractivity contribution < 1.29 is 17.9 Å². The van der Waals surface area contributed by atoms with E-state index in [1.165, 1.54) is 36.4 Å². The summed E-state index contributed by atoms with van der Waals surface area (Å²) in [6, 6.07) is 10.6. The maximum Gasteiger partial charge on any atom is 0.261 e. The zero-order chi connectivity index (χ0) is 17.2. The van der Waals surface area contributed by atoms with Crippen molar-refractivity contribution in [2.45, 2.75) is 11.3 Å². The highest BCUT2D eigenvalue weighted by Gasteiger charge is 2.20. The fourth-order valence-electron chi connectivity index (χ4n) is 2.20. The molecule has 2 aromatic carbocycles. The molecular formula is C16H13ClN2O4S. The summed E-state index contributed by atoms with van der Waals surface area (Å²) in [5.41, 5.74) is 0.436. The third kappa shape index (κ3) is 3.40. The standard InChI is InChI=1S/C16H13ClN2O4S/c17-13-8-15-16(23-6-2-5-22-15)9-14(13)19-24(20,21)12-4-1-3-11(7-12)10-18/h1,3-4,7-9,19H,2,5-6H2. The van der Waals surface area contributed by atoms with Gasteiger partial charge in [-0.3, -0.25) is 4.72 Å². The predicted molar refractivity (Wildman–Crippen MR) is 89.0 cm³/mol. The molecule has 0 unspecified atom stereocenters. The van der Waals surface area contributed by atoms with E-state index in [9.17, 15) is 8.42 Å². The largest absolute Gasteiger partial charge is 0.490 e. The summed E-state index contributed by atoms with van der Waals surface area (Å²) in [6.07, 6.45) is 0.730. The Morgan fingerprint density at radius 1 is 1.12 bits per heavy atom. The molecule has 0 saturated carbocycles. The number of nitrogens with one attached hydrogen (secondary N) is 1. The van der Waals surface area contributed by atoms with Gasteiger partial charge in [0.1, 0.15) is 0 Å². The molecule has 0 spiro atoms. The smallest absolute Gasteiger partial charge is 0.261 e. The molecule has 8 heteroatoms. The monoisotopic (exact) mass is 364 g/mol. The number of nitriles is 1. The van der Waals surface area contributed by atoms with Crippen molar-refractivity contribution >= 4 is 27.3 Å². The van der Waals surface area contributed by atoms with Gasteiger partial charge in [-0.2, -0.15) is 5.26 Å². The van der Waals surface area contributed by atoms with Crippen LogP contribution in [0.1, 0.15) is 12.0 Å². The maximum atomic E-state index is 12.5. The Hall–Kier alpha value is -2.43. The quantitative estimate of drug-likeness (QED) is 0.903. The number of sulfonamides is 1. The second-order valence-corrected chi connectivity index (χ2v) is 7.16. The molecule has 1 aliphatic heterocycles. The normalized spacial score (nSPS) is 13.7. The van der Waals surface area contributed by atoms with E-state index in [2.05, 4.69) is 4.72 Å². The summed E-state index contributed by atoms with van der Waals surface area (Å²) in [7, 11) is -3.89. The topological polar surface area (TPSA) is 88.4 Å². The van der Waals surface area contributed by atoms with E-state index in [1.807, 2.05) is 6.07 Å². The number of hydrogen-bond donors (Lipinski definition) is 1. The van der Waals surface area contributed by atoms with Gasteiger partial charge in [-0.25, -0.2) is 8.42 Å². The number of anilines is 1. The lowest BCUT2D eigenvalue weighted by molar-refractivity contribution is 0.297. The molecule has 0 aromatic heterocycles. The van der Waals surface area contributed by atoms with Crippen LogP contribution in [-0.2, 0) is 10.0 Å². The molecular weight excluding hydrogens is 352 g/mol. The first-order valence-electron chi connectivity index (χ1n) is 7.12. The number of hydrogen-bond acceptors (Lipinski definition) is 5. The van der Waals surface area contributed by atoms with Crippen LogP contribution < -0.4 is 14.2 Å². The number of halogens is 1. The van der Waals surface area contributed by atoms with Gasteiger partial charge in [0, 0.05) is 18.6 Å². The van der Waals surface area contributed by atoms with E-state index in [0.29, 0.717) is 24.7 Å². The molecule has 3 rings (SSSR count). The van der Waals surface area contributed by atoms with Gasteiger partial charge < -0.3 is 9.47 Å². The molecule has 0 atom stereocenters. The van der Waals surface area contributed by atoms with Crippen molar-refractivity contribution in [3.8, 4) is 17.6 Å². The fraction of sp³-hybridized carbons (Fsp3) is 0.188. The second kappa shape index (κ2) is 6.59. The van der Waals surface area contributed by atoms with Crippen LogP contribution >= 0.6 is 11.6 Å². The first-order chi connectivity index (χ1) is 11.5. The highest BCUT2D eigenvalue weighted by atomic mass is 35.5. The predicted octanol–water partition coefficient (Wildman–Crippen LogP) is 3.17. The Labute approximate surface area is 144 Å². The molecule has 2 aromatic rings. The van der Waals surface area contributed by atoms with Gasteiger partial charge in [0.2, 0.25) is 0 Å². The van der Waals surface area contributed by atoms with Crippen LogP contribution in [0.5, 0.6) is 11.5 Å². The van der Waals surface area contributed by atoms with Crippen molar-refractivity contribution in [1.29, 1.82) is 5.26 Å². The van der Waals surface area contributed by atoms with Gasteiger partial charge >= 0.3 is 0 Å². The molecule has 24 heavy (non-hydrogen) atoms. The van der Waals surface area contributed by atoms with Crippen LogP contribution in [0, 0.1) is 11.3 Å². The number of ether oxygens (including phenoxy) is 2. The minimum atomic E-state index is -3.89. The van der Waals surface area contributed by atoms with Crippen molar-refractivity contribution in [3.05, 3.63) is 47.0 Å². The summed E-state index contributed by atoms with van der Waals surface area (Å²) >= 11 is 6.15. The molecule has 0 radical (unpaired) electrons. The minimum Gasteiger partial charge on any atom is -0.490 e. The van der Waals surface area contributed by atoms with Crippen LogP contribution in [0.4, 0.5) is 5.69 Å². The van der Waals surface area contributed by atoms with Crippen molar-refractivity contribution in [1.82, 2.24) is 0 Å². The van der Waals surface area contributed by atoms with E-state index in [0.717, 1.165) is 6.42 Å². The SMILES string of the molecule is N#Cc1cccc(S(=O)(=O)Nc2cc3c(cc2Cl)OCCCO3)c1. The highest BCUT2D eigenvalue weighted by molar-refractivity contribution is 7.92. The van der Waals surface area contributed by atoms with E-state index >= 15 is 0 Å². The van der Waals surface area contributed by atoms with Gasteiger partial charge in [-0.15, -0.1) is 0 Å². The zero-order valence-electron chi connectivity index (χ0n) is 12.5. The summed E-state index contributed by atoms with van der Waals surface area (Å²) in [6.45, 7) is 0.986. The minimum absolute atomic E-state index is 0.0234. The molecule has 1 N–H and O–H groups in total. The molecule has 0 fully saturated rings. The van der Waals surface area contributed by atoms with Crippen LogP contribution in [0.15, 0.2) is 41.3 Å². The van der Waals surface area contributed by atoms with Crippen LogP contribution in [-0.4, -0.2) is 21.6 Å². The van der Waals surface area contributed by atoms with E-state index < -0.39 is 10.0 Å². The Kier molecular flexibility index (Phi) is 4.51. The highest BCUT2D eigenvalue weighted by Crippen LogP contribution is 2.38. The van der Waals surface area contributed by atoms with Gasteiger partial charge in [0.15, 0.2) is 11.5 Å². The molecule has 0 amide bonds. The molecule has 0 aliphatic carbocycles. The van der Waals surface area contributed by atoms with Crippen LogP contribution in [0.2, 0.25) is 5.02 Å². The third-order valence-electron chi connectivity index (χ3n) is 3.35. The third-order valence-corrected chi connectivity index (χ3v) is 5.03. The Bertz CT molecular complexity index is 922. The molecule has 6 nitrogen and oxygen atoms in total. The molecule has 124 valence electrons. The summed E-state index contributed by atoms with van der Waals surface area (Å²) in [5.74, 6) is 0.910. The van der Waals surface area contributed by atoms with Crippen molar-refractivity contribution in [2.24, 2.45) is 0 Å². The Balaban J connectivity index is 1.95. The first kappa shape index (κ1) is 16.4. The van der Waals surface area contributed by atoms with Gasteiger partial charge in [0.05, 0.1) is 40.5 Å². The first-order valence-corrected chi connectivity index (χ1v) is 8.98. The molecule has 0 bridgehead atoms. The van der Waals surface area contributed by atoms with E-state index in [4.69, 9.17) is 26.3 Å². The van der Waals surface area contributed by atoms with Crippen LogP contribution in [0.25, 0.3) is 0 Å². The second-order valence-electron chi connectivity index (χ2n) is 5.07. The average Bonchev–Trinajstić information content (AvgIpc) is 2.80. The Morgan fingerprint density at radius 3 is 2.54 bits per heavy atom. The van der Waals surface area contributed by atoms with Crippen molar-refractivity contribution in [2.75, 3.05) is 17.9 Å². The molecule has 0 saturated heterocycles. The number of fused-ring (bicyclic) bond motifs is 1. The molecule has 1 aliphatic rings. The van der Waals surface area contributed by atoms with Crippen molar-refractivity contribution in [3.63, 3.8) is 0 Å². The van der Waals surface area contributed by atoms with E-state index in [1.54, 1.807) is 0 Å².